The molecule has 1 heterocycles. The first-order chi connectivity index (χ1) is 7.43. The first-order valence-corrected chi connectivity index (χ1v) is 6.60. The Morgan fingerprint density at radius 2 is 2.00 bits per heavy atom. The minimum atomic E-state index is -3.45. The van der Waals surface area contributed by atoms with E-state index in [-0.39, 0.29) is 13.0 Å². The van der Waals surface area contributed by atoms with Gasteiger partial charge in [-0.1, -0.05) is 0 Å². The highest BCUT2D eigenvalue weighted by atomic mass is 32.2. The molecule has 0 radical (unpaired) electrons. The lowest BCUT2D eigenvalue weighted by Crippen LogP contribution is -2.41. The van der Waals surface area contributed by atoms with Gasteiger partial charge in [-0.15, -0.1) is 0 Å². The van der Waals surface area contributed by atoms with E-state index >= 15 is 0 Å². The molecule has 1 aliphatic rings. The van der Waals surface area contributed by atoms with Crippen LogP contribution in [-0.4, -0.2) is 49.5 Å². The number of hydrogen-bond acceptors (Lipinski definition) is 4. The highest BCUT2D eigenvalue weighted by Gasteiger charge is 2.24. The zero-order valence-electron chi connectivity index (χ0n) is 8.92. The van der Waals surface area contributed by atoms with E-state index in [2.05, 4.69) is 4.72 Å². The van der Waals surface area contributed by atoms with Gasteiger partial charge in [-0.3, -0.25) is 4.79 Å². The highest BCUT2D eigenvalue weighted by molar-refractivity contribution is 7.87. The minimum Gasteiger partial charge on any atom is -0.480 e. The SMILES string of the molecule is NC(CCNS(=O)(=O)N1CCCC1)C(=O)O. The molecule has 94 valence electrons. The molecule has 8 heteroatoms. The summed E-state index contributed by atoms with van der Waals surface area (Å²) in [6.45, 7) is 1.10. The van der Waals surface area contributed by atoms with E-state index in [9.17, 15) is 13.2 Å². The van der Waals surface area contributed by atoms with Crippen molar-refractivity contribution in [2.24, 2.45) is 5.73 Å². The molecular weight excluding hydrogens is 234 g/mol. The molecule has 1 saturated heterocycles. The molecule has 0 aromatic carbocycles. The highest BCUT2D eigenvalue weighted by Crippen LogP contribution is 2.10. The molecule has 7 nitrogen and oxygen atoms in total. The number of carboxylic acids is 1. The second kappa shape index (κ2) is 5.58. The molecule has 0 aromatic rings. The maximum Gasteiger partial charge on any atom is 0.320 e. The Morgan fingerprint density at radius 3 is 2.50 bits per heavy atom. The fourth-order valence-corrected chi connectivity index (χ4v) is 2.78. The number of nitrogens with zero attached hydrogens (tertiary/aromatic N) is 1. The third kappa shape index (κ3) is 3.71. The third-order valence-corrected chi connectivity index (χ3v) is 4.08. The van der Waals surface area contributed by atoms with Gasteiger partial charge in [0.15, 0.2) is 0 Å². The van der Waals surface area contributed by atoms with Crippen molar-refractivity contribution in [3.05, 3.63) is 0 Å². The lowest BCUT2D eigenvalue weighted by Gasteiger charge is -2.16. The fraction of sp³-hybridized carbons (Fsp3) is 0.875. The maximum absolute atomic E-state index is 11.6. The first-order valence-electron chi connectivity index (χ1n) is 5.16. The third-order valence-electron chi connectivity index (χ3n) is 2.46. The number of carboxylic acid groups (broad SMARTS) is 1. The number of nitrogens with two attached hydrogens (primary N) is 1. The molecule has 0 spiro atoms. The summed E-state index contributed by atoms with van der Waals surface area (Å²) in [5.41, 5.74) is 5.25. The lowest BCUT2D eigenvalue weighted by molar-refractivity contribution is -0.138. The second-order valence-corrected chi connectivity index (χ2v) is 5.49. The number of nitrogens with one attached hydrogen (secondary N) is 1. The molecule has 0 saturated carbocycles. The standard InChI is InChI=1S/C8H17N3O4S/c9-7(8(12)13)3-4-10-16(14,15)11-5-1-2-6-11/h7,10H,1-6,9H2,(H,12,13). The average molecular weight is 251 g/mol. The van der Waals surface area contributed by atoms with E-state index in [0.717, 1.165) is 12.8 Å². The van der Waals surface area contributed by atoms with E-state index in [1.54, 1.807) is 0 Å². The van der Waals surface area contributed by atoms with Crippen LogP contribution in [0.2, 0.25) is 0 Å². The van der Waals surface area contributed by atoms with Crippen molar-refractivity contribution in [3.63, 3.8) is 0 Å². The van der Waals surface area contributed by atoms with Crippen LogP contribution >= 0.6 is 0 Å². The van der Waals surface area contributed by atoms with Crippen LogP contribution in [0.1, 0.15) is 19.3 Å². The summed E-state index contributed by atoms with van der Waals surface area (Å²) in [6, 6.07) is -1.03. The Labute approximate surface area is 94.8 Å². The van der Waals surface area contributed by atoms with Gasteiger partial charge < -0.3 is 10.8 Å². The first kappa shape index (κ1) is 13.4. The molecule has 0 aliphatic carbocycles. The van der Waals surface area contributed by atoms with E-state index in [4.69, 9.17) is 10.8 Å². The molecular formula is C8H17N3O4S. The van der Waals surface area contributed by atoms with Gasteiger partial charge in [0, 0.05) is 19.6 Å². The molecule has 1 aliphatic heterocycles. The zero-order valence-corrected chi connectivity index (χ0v) is 9.74. The molecule has 0 amide bonds. The smallest absolute Gasteiger partial charge is 0.320 e. The quantitative estimate of drug-likeness (QED) is 0.544. The van der Waals surface area contributed by atoms with Gasteiger partial charge in [0.05, 0.1) is 0 Å². The summed E-state index contributed by atoms with van der Waals surface area (Å²) in [5.74, 6) is -1.12. The van der Waals surface area contributed by atoms with Crippen LogP contribution in [0.15, 0.2) is 0 Å². The Kier molecular flexibility index (Phi) is 4.66. The van der Waals surface area contributed by atoms with Gasteiger partial charge in [0.1, 0.15) is 6.04 Å². The predicted molar refractivity (Wildman–Crippen MR) is 58.0 cm³/mol. The topological polar surface area (TPSA) is 113 Å². The van der Waals surface area contributed by atoms with Crippen LogP contribution in [-0.2, 0) is 15.0 Å². The van der Waals surface area contributed by atoms with Crippen LogP contribution in [0, 0.1) is 0 Å². The van der Waals surface area contributed by atoms with Crippen LogP contribution < -0.4 is 10.5 Å². The summed E-state index contributed by atoms with van der Waals surface area (Å²) in [6.07, 6.45) is 1.83. The van der Waals surface area contributed by atoms with Crippen molar-refractivity contribution < 1.29 is 18.3 Å². The van der Waals surface area contributed by atoms with E-state index in [1.165, 1.54) is 4.31 Å². The number of aliphatic carboxylic acids is 1. The van der Waals surface area contributed by atoms with Gasteiger partial charge in [-0.2, -0.15) is 12.7 Å². The van der Waals surface area contributed by atoms with Crippen LogP contribution in [0.25, 0.3) is 0 Å². The molecule has 0 aromatic heterocycles. The summed E-state index contributed by atoms with van der Waals surface area (Å²) < 4.78 is 26.9. The maximum atomic E-state index is 11.6. The Hall–Kier alpha value is -0.700. The Morgan fingerprint density at radius 1 is 1.44 bits per heavy atom. The van der Waals surface area contributed by atoms with Crippen molar-refractivity contribution in [2.75, 3.05) is 19.6 Å². The number of rotatable bonds is 6. The monoisotopic (exact) mass is 251 g/mol. The van der Waals surface area contributed by atoms with Crippen molar-refractivity contribution in [1.82, 2.24) is 9.03 Å². The van der Waals surface area contributed by atoms with Crippen LogP contribution in [0.4, 0.5) is 0 Å². The lowest BCUT2D eigenvalue weighted by atomic mass is 10.2. The molecule has 1 rings (SSSR count). The van der Waals surface area contributed by atoms with Gasteiger partial charge in [-0.25, -0.2) is 4.72 Å². The fourth-order valence-electron chi connectivity index (χ4n) is 1.49. The predicted octanol–water partition coefficient (Wildman–Crippen LogP) is -1.28. The summed E-state index contributed by atoms with van der Waals surface area (Å²) >= 11 is 0. The Bertz CT molecular complexity index is 337. The number of carbonyl (C=O) groups is 1. The molecule has 1 unspecified atom stereocenters. The van der Waals surface area contributed by atoms with E-state index < -0.39 is 22.2 Å². The zero-order chi connectivity index (χ0) is 12.2. The van der Waals surface area contributed by atoms with Gasteiger partial charge >= 0.3 is 5.97 Å². The van der Waals surface area contributed by atoms with Crippen molar-refractivity contribution in [1.29, 1.82) is 0 Å². The minimum absolute atomic E-state index is 0.0479. The van der Waals surface area contributed by atoms with E-state index in [0.29, 0.717) is 13.1 Å². The van der Waals surface area contributed by atoms with Crippen molar-refractivity contribution >= 4 is 16.2 Å². The molecule has 0 bridgehead atoms. The summed E-state index contributed by atoms with van der Waals surface area (Å²) in [7, 11) is -3.45. The van der Waals surface area contributed by atoms with Gasteiger partial charge in [-0.05, 0) is 19.3 Å². The summed E-state index contributed by atoms with van der Waals surface area (Å²) in [5, 5.41) is 8.51. The van der Waals surface area contributed by atoms with Gasteiger partial charge in [0.2, 0.25) is 0 Å². The number of hydrogen-bond donors (Lipinski definition) is 3. The van der Waals surface area contributed by atoms with Crippen LogP contribution in [0.3, 0.4) is 0 Å². The van der Waals surface area contributed by atoms with E-state index in [1.807, 2.05) is 0 Å². The average Bonchev–Trinajstić information content (AvgIpc) is 2.70. The molecule has 1 atom stereocenters. The molecule has 1 fully saturated rings. The molecule has 4 N–H and O–H groups in total. The van der Waals surface area contributed by atoms with Crippen LogP contribution in [0.5, 0.6) is 0 Å². The normalized spacial score (nSPS) is 19.8. The largest absolute Gasteiger partial charge is 0.480 e. The molecule has 16 heavy (non-hydrogen) atoms. The Balaban J connectivity index is 2.33. The summed E-state index contributed by atoms with van der Waals surface area (Å²) in [4.78, 5) is 10.4. The second-order valence-electron chi connectivity index (χ2n) is 3.74. The van der Waals surface area contributed by atoms with Gasteiger partial charge in [0.25, 0.3) is 10.2 Å². The van der Waals surface area contributed by atoms with Crippen molar-refractivity contribution in [3.8, 4) is 0 Å². The van der Waals surface area contributed by atoms with Crippen molar-refractivity contribution in [2.45, 2.75) is 25.3 Å².